The zero-order valence-corrected chi connectivity index (χ0v) is 10.9. The molecular formula is C14H20O3. The first-order valence-corrected chi connectivity index (χ1v) is 5.83. The number of hydrogen-bond donors (Lipinski definition) is 0. The fourth-order valence-corrected chi connectivity index (χ4v) is 1.20. The first-order valence-electron chi connectivity index (χ1n) is 5.83. The summed E-state index contributed by atoms with van der Waals surface area (Å²) in [7, 11) is 0. The maximum atomic E-state index is 11.7. The number of carbonyl (C=O) groups excluding carboxylic acids is 1. The van der Waals surface area contributed by atoms with Gasteiger partial charge in [-0.15, -0.1) is 0 Å². The molecule has 0 fully saturated rings. The van der Waals surface area contributed by atoms with Gasteiger partial charge in [-0.05, 0) is 19.1 Å². The van der Waals surface area contributed by atoms with Crippen molar-refractivity contribution in [3.8, 4) is 11.5 Å². The molecule has 0 radical (unpaired) electrons. The third kappa shape index (κ3) is 4.10. The number of para-hydroxylation sites is 2. The van der Waals surface area contributed by atoms with Gasteiger partial charge in [0.2, 0.25) is 0 Å². The van der Waals surface area contributed by atoms with E-state index in [9.17, 15) is 4.79 Å². The molecule has 0 bridgehead atoms. The second-order valence-corrected chi connectivity index (χ2v) is 4.84. The van der Waals surface area contributed by atoms with Crippen LogP contribution in [0, 0.1) is 5.41 Å². The van der Waals surface area contributed by atoms with Crippen LogP contribution in [-0.4, -0.2) is 19.0 Å². The maximum absolute atomic E-state index is 11.7. The fourth-order valence-electron chi connectivity index (χ4n) is 1.20. The van der Waals surface area contributed by atoms with E-state index in [4.69, 9.17) is 9.47 Å². The molecule has 0 saturated heterocycles. The SMILES string of the molecule is CCOc1ccccc1OCC(=O)C(C)(C)C. The van der Waals surface area contributed by atoms with Crippen molar-refractivity contribution in [3.05, 3.63) is 24.3 Å². The Morgan fingerprint density at radius 2 is 1.65 bits per heavy atom. The lowest BCUT2D eigenvalue weighted by Gasteiger charge is -2.17. The number of ether oxygens (including phenoxy) is 2. The van der Waals surface area contributed by atoms with Gasteiger partial charge in [0.1, 0.15) is 6.61 Å². The highest BCUT2D eigenvalue weighted by Gasteiger charge is 2.21. The number of ketones is 1. The van der Waals surface area contributed by atoms with E-state index in [0.717, 1.165) is 0 Å². The Bertz CT molecular complexity index is 377. The average Bonchev–Trinajstić information content (AvgIpc) is 2.26. The Morgan fingerprint density at radius 1 is 1.12 bits per heavy atom. The van der Waals surface area contributed by atoms with E-state index in [2.05, 4.69) is 0 Å². The lowest BCUT2D eigenvalue weighted by atomic mass is 9.91. The molecule has 0 aliphatic rings. The molecule has 1 aromatic carbocycles. The van der Waals surface area contributed by atoms with Crippen molar-refractivity contribution in [1.29, 1.82) is 0 Å². The van der Waals surface area contributed by atoms with Gasteiger partial charge in [-0.3, -0.25) is 4.79 Å². The van der Waals surface area contributed by atoms with Gasteiger partial charge in [-0.1, -0.05) is 32.9 Å². The highest BCUT2D eigenvalue weighted by molar-refractivity contribution is 5.85. The Kier molecular flexibility index (Phi) is 4.55. The number of benzene rings is 1. The molecular weight excluding hydrogens is 216 g/mol. The Hall–Kier alpha value is -1.51. The minimum Gasteiger partial charge on any atom is -0.490 e. The fraction of sp³-hybridized carbons (Fsp3) is 0.500. The zero-order valence-electron chi connectivity index (χ0n) is 10.9. The van der Waals surface area contributed by atoms with E-state index in [1.165, 1.54) is 0 Å². The molecule has 0 aliphatic heterocycles. The topological polar surface area (TPSA) is 35.5 Å². The van der Waals surface area contributed by atoms with Crippen molar-refractivity contribution in [1.82, 2.24) is 0 Å². The second kappa shape index (κ2) is 5.71. The van der Waals surface area contributed by atoms with Gasteiger partial charge in [0.05, 0.1) is 6.61 Å². The summed E-state index contributed by atoms with van der Waals surface area (Å²) in [5.41, 5.74) is -0.374. The Labute approximate surface area is 103 Å². The van der Waals surface area contributed by atoms with Gasteiger partial charge < -0.3 is 9.47 Å². The van der Waals surface area contributed by atoms with Gasteiger partial charge in [0.15, 0.2) is 17.3 Å². The summed E-state index contributed by atoms with van der Waals surface area (Å²) in [6.45, 7) is 8.21. The van der Waals surface area contributed by atoms with E-state index in [0.29, 0.717) is 18.1 Å². The van der Waals surface area contributed by atoms with Gasteiger partial charge in [-0.2, -0.15) is 0 Å². The number of Topliss-reactive ketones (excluding diaryl/α,β-unsaturated/α-hetero) is 1. The summed E-state index contributed by atoms with van der Waals surface area (Å²) >= 11 is 0. The van der Waals surface area contributed by atoms with Crippen molar-refractivity contribution < 1.29 is 14.3 Å². The standard InChI is InChI=1S/C14H20O3/c1-5-16-11-8-6-7-9-12(11)17-10-13(15)14(2,3)4/h6-9H,5,10H2,1-4H3. The Morgan fingerprint density at radius 3 is 2.12 bits per heavy atom. The predicted octanol–water partition coefficient (Wildman–Crippen LogP) is 3.08. The normalized spacial score (nSPS) is 11.1. The van der Waals surface area contributed by atoms with Crippen LogP contribution in [0.3, 0.4) is 0 Å². The van der Waals surface area contributed by atoms with Crippen LogP contribution >= 0.6 is 0 Å². The third-order valence-electron chi connectivity index (χ3n) is 2.34. The number of rotatable bonds is 5. The number of hydrogen-bond acceptors (Lipinski definition) is 3. The van der Waals surface area contributed by atoms with Gasteiger partial charge in [-0.25, -0.2) is 0 Å². The van der Waals surface area contributed by atoms with Crippen LogP contribution in [0.5, 0.6) is 11.5 Å². The van der Waals surface area contributed by atoms with Crippen LogP contribution in [0.1, 0.15) is 27.7 Å². The van der Waals surface area contributed by atoms with E-state index in [1.54, 1.807) is 6.07 Å². The quantitative estimate of drug-likeness (QED) is 0.788. The summed E-state index contributed by atoms with van der Waals surface area (Å²) in [4.78, 5) is 11.7. The molecule has 0 amide bonds. The van der Waals surface area contributed by atoms with Crippen LogP contribution in [0.25, 0.3) is 0 Å². The van der Waals surface area contributed by atoms with Crippen molar-refractivity contribution in [2.45, 2.75) is 27.7 Å². The number of carbonyl (C=O) groups is 1. The largest absolute Gasteiger partial charge is 0.490 e. The monoisotopic (exact) mass is 236 g/mol. The molecule has 0 aromatic heterocycles. The van der Waals surface area contributed by atoms with Gasteiger partial charge >= 0.3 is 0 Å². The van der Waals surface area contributed by atoms with Gasteiger partial charge in [0.25, 0.3) is 0 Å². The minimum atomic E-state index is -0.374. The molecule has 0 aliphatic carbocycles. The van der Waals surface area contributed by atoms with E-state index < -0.39 is 0 Å². The first-order chi connectivity index (χ1) is 7.95. The van der Waals surface area contributed by atoms with Crippen LogP contribution in [0.4, 0.5) is 0 Å². The molecule has 3 nitrogen and oxygen atoms in total. The molecule has 0 heterocycles. The molecule has 0 N–H and O–H groups in total. The maximum Gasteiger partial charge on any atom is 0.175 e. The van der Waals surface area contributed by atoms with Gasteiger partial charge in [0, 0.05) is 5.41 Å². The van der Waals surface area contributed by atoms with Crippen molar-refractivity contribution in [3.63, 3.8) is 0 Å². The smallest absolute Gasteiger partial charge is 0.175 e. The van der Waals surface area contributed by atoms with Crippen molar-refractivity contribution >= 4 is 5.78 Å². The Balaban J connectivity index is 2.66. The van der Waals surface area contributed by atoms with Crippen LogP contribution < -0.4 is 9.47 Å². The molecule has 1 rings (SSSR count). The lowest BCUT2D eigenvalue weighted by molar-refractivity contribution is -0.128. The molecule has 0 atom stereocenters. The summed E-state index contributed by atoms with van der Waals surface area (Å²) < 4.78 is 10.9. The third-order valence-corrected chi connectivity index (χ3v) is 2.34. The summed E-state index contributed by atoms with van der Waals surface area (Å²) in [5.74, 6) is 1.37. The highest BCUT2D eigenvalue weighted by atomic mass is 16.5. The van der Waals surface area contributed by atoms with Crippen molar-refractivity contribution in [2.75, 3.05) is 13.2 Å². The van der Waals surface area contributed by atoms with Crippen LogP contribution in [0.15, 0.2) is 24.3 Å². The molecule has 0 saturated carbocycles. The molecule has 0 spiro atoms. The molecule has 1 aromatic rings. The summed E-state index contributed by atoms with van der Waals surface area (Å²) in [6.07, 6.45) is 0. The van der Waals surface area contributed by atoms with Crippen molar-refractivity contribution in [2.24, 2.45) is 5.41 Å². The molecule has 0 unspecified atom stereocenters. The molecule has 94 valence electrons. The molecule has 3 heteroatoms. The lowest BCUT2D eigenvalue weighted by Crippen LogP contribution is -2.26. The molecule has 17 heavy (non-hydrogen) atoms. The summed E-state index contributed by atoms with van der Waals surface area (Å²) in [6, 6.07) is 7.38. The first kappa shape index (κ1) is 13.6. The van der Waals surface area contributed by atoms with E-state index in [-0.39, 0.29) is 17.8 Å². The predicted molar refractivity (Wildman–Crippen MR) is 67.6 cm³/mol. The summed E-state index contributed by atoms with van der Waals surface area (Å²) in [5, 5.41) is 0. The second-order valence-electron chi connectivity index (χ2n) is 4.84. The minimum absolute atomic E-state index is 0.0730. The van der Waals surface area contributed by atoms with Crippen LogP contribution in [-0.2, 0) is 4.79 Å². The van der Waals surface area contributed by atoms with E-state index >= 15 is 0 Å². The van der Waals surface area contributed by atoms with Crippen LogP contribution in [0.2, 0.25) is 0 Å². The highest BCUT2D eigenvalue weighted by Crippen LogP contribution is 2.27. The zero-order chi connectivity index (χ0) is 12.9. The van der Waals surface area contributed by atoms with E-state index in [1.807, 2.05) is 45.9 Å². The average molecular weight is 236 g/mol.